The van der Waals surface area contributed by atoms with Gasteiger partial charge in [-0.05, 0) is 67.6 Å². The molecule has 0 radical (unpaired) electrons. The van der Waals surface area contributed by atoms with Gasteiger partial charge in [0.15, 0.2) is 12.6 Å². The number of alkyl halides is 3. The summed E-state index contributed by atoms with van der Waals surface area (Å²) in [6, 6.07) is 8.78. The van der Waals surface area contributed by atoms with Gasteiger partial charge in [0.05, 0.1) is 29.6 Å². The summed E-state index contributed by atoms with van der Waals surface area (Å²) in [6.45, 7) is 2.41. The summed E-state index contributed by atoms with van der Waals surface area (Å²) in [5, 5.41) is 6.49. The molecule has 4 aromatic rings. The van der Waals surface area contributed by atoms with Gasteiger partial charge in [-0.2, -0.15) is 4.98 Å². The van der Waals surface area contributed by atoms with Gasteiger partial charge in [-0.25, -0.2) is 22.4 Å². The lowest BCUT2D eigenvalue weighted by molar-refractivity contribution is -0.0490. The zero-order valence-corrected chi connectivity index (χ0v) is 29.5. The first kappa shape index (κ1) is 36.8. The predicted octanol–water partition coefficient (Wildman–Crippen LogP) is 5.26. The Bertz CT molecular complexity index is 2070. The molecule has 3 fully saturated rings. The predicted molar refractivity (Wildman–Crippen MR) is 188 cm³/mol. The van der Waals surface area contributed by atoms with E-state index in [1.54, 1.807) is 12.1 Å². The fourth-order valence-corrected chi connectivity index (χ4v) is 8.05. The second-order valence-corrected chi connectivity index (χ2v) is 14.5. The molecule has 0 bridgehead atoms. The summed E-state index contributed by atoms with van der Waals surface area (Å²) in [5.74, 6) is -3.41. The van der Waals surface area contributed by atoms with E-state index in [1.165, 1.54) is 20.2 Å². The summed E-state index contributed by atoms with van der Waals surface area (Å²) in [7, 11) is 1.48. The van der Waals surface area contributed by atoms with E-state index < -0.39 is 53.6 Å². The number of hydrogen-bond acceptors (Lipinski definition) is 10. The number of alkyl carbamates (subject to hydrolysis) is 1. The van der Waals surface area contributed by atoms with Gasteiger partial charge in [-0.3, -0.25) is 19.7 Å². The van der Waals surface area contributed by atoms with Crippen LogP contribution >= 0.6 is 0 Å². The molecule has 12 nitrogen and oxygen atoms in total. The number of aromatic nitrogens is 3. The van der Waals surface area contributed by atoms with Crippen LogP contribution in [0.4, 0.5) is 22.4 Å². The molecule has 3 aliphatic heterocycles. The Morgan fingerprint density at radius 3 is 2.85 bits per heavy atom. The third-order valence-electron chi connectivity index (χ3n) is 10.3. The first-order valence-corrected chi connectivity index (χ1v) is 17.7. The molecule has 0 spiro atoms. The number of aryl methyl sites for hydroxylation is 1. The lowest BCUT2D eigenvalue weighted by Crippen LogP contribution is -2.61. The number of H-pyrrole nitrogens is 1. The van der Waals surface area contributed by atoms with Crippen molar-refractivity contribution in [2.45, 2.75) is 68.6 Å². The minimum Gasteiger partial charge on any atom is -0.468 e. The number of fused-ring (bicyclic) bond motifs is 3. The van der Waals surface area contributed by atoms with Crippen LogP contribution in [-0.4, -0.2) is 102 Å². The molecule has 16 heteroatoms. The maximum absolute atomic E-state index is 16.7. The molecule has 53 heavy (non-hydrogen) atoms. The minimum atomic E-state index is -2.95. The number of ether oxygens (including phenoxy) is 4. The molecule has 3 atom stereocenters. The highest BCUT2D eigenvalue weighted by Crippen LogP contribution is 2.41. The van der Waals surface area contributed by atoms with Crippen molar-refractivity contribution >= 4 is 27.8 Å². The largest absolute Gasteiger partial charge is 0.468 e. The standard InChI is InChI=1S/C37H42F4N6O6/c1-35(17-37(40,41)19-42-18-35)46-34(49)51-11-4-8-22-6-3-7-23-12-25(53-21-50-2)13-26(28(22)23)30-29(39)31-27(15-43-30)32(48)45-33(44-31)52-20-36-9-5-10-47(36)16-24(38)14-36/h3,6-7,12-13,15,24,42H,4-5,8-11,14,16-21H2,1-2H3,(H,46,49)(H,44,45,48)/t24-,35?,36+/m1/s1. The van der Waals surface area contributed by atoms with Crippen molar-refractivity contribution in [2.24, 2.45) is 0 Å². The highest BCUT2D eigenvalue weighted by atomic mass is 19.3. The second-order valence-electron chi connectivity index (χ2n) is 14.5. The fraction of sp³-hybridized carbons (Fsp3) is 0.514. The van der Waals surface area contributed by atoms with Gasteiger partial charge in [0, 0.05) is 44.8 Å². The van der Waals surface area contributed by atoms with E-state index in [0.29, 0.717) is 47.9 Å². The molecular weight excluding hydrogens is 700 g/mol. The molecule has 7 rings (SSSR count). The average molecular weight is 743 g/mol. The first-order valence-electron chi connectivity index (χ1n) is 17.7. The third kappa shape index (κ3) is 7.76. The molecule has 3 saturated heterocycles. The Kier molecular flexibility index (Phi) is 10.2. The van der Waals surface area contributed by atoms with E-state index in [1.807, 2.05) is 18.2 Å². The van der Waals surface area contributed by atoms with Crippen molar-refractivity contribution in [1.29, 1.82) is 0 Å². The average Bonchev–Trinajstić information content (AvgIpc) is 3.63. The molecule has 5 heterocycles. The fourth-order valence-electron chi connectivity index (χ4n) is 8.05. The Hall–Kier alpha value is -4.54. The SMILES string of the molecule is COCOc1cc(-c2ncc3c(=O)[nH]c(OC[C@@]45CCCN4C[C@H](F)C5)nc3c2F)c2c(CCCOC(=O)NC3(C)CNCC(F)(F)C3)cccc2c1. The highest BCUT2D eigenvalue weighted by molar-refractivity contribution is 6.00. The molecule has 1 amide bonds. The van der Waals surface area contributed by atoms with E-state index in [9.17, 15) is 22.8 Å². The zero-order valence-electron chi connectivity index (χ0n) is 29.5. The minimum absolute atomic E-state index is 0.00439. The number of amides is 1. The van der Waals surface area contributed by atoms with Crippen LogP contribution < -0.4 is 25.7 Å². The van der Waals surface area contributed by atoms with E-state index in [2.05, 4.69) is 30.5 Å². The summed E-state index contributed by atoms with van der Waals surface area (Å²) < 4.78 is 81.0. The van der Waals surface area contributed by atoms with Gasteiger partial charge in [0.25, 0.3) is 17.5 Å². The Labute approximate surface area is 302 Å². The number of nitrogens with one attached hydrogen (secondary N) is 3. The van der Waals surface area contributed by atoms with Gasteiger partial charge in [0.2, 0.25) is 0 Å². The second kappa shape index (κ2) is 14.7. The molecule has 2 aromatic heterocycles. The van der Waals surface area contributed by atoms with Crippen molar-refractivity contribution < 1.29 is 41.3 Å². The van der Waals surface area contributed by atoms with E-state index in [-0.39, 0.29) is 49.2 Å². The van der Waals surface area contributed by atoms with Crippen molar-refractivity contribution in [3.05, 3.63) is 58.3 Å². The summed E-state index contributed by atoms with van der Waals surface area (Å²) in [5.41, 5.74) is -1.46. The summed E-state index contributed by atoms with van der Waals surface area (Å²) >= 11 is 0. The number of carbonyl (C=O) groups excluding carboxylic acids is 1. The van der Waals surface area contributed by atoms with Gasteiger partial charge < -0.3 is 29.6 Å². The van der Waals surface area contributed by atoms with Crippen LogP contribution in [0, 0.1) is 5.82 Å². The summed E-state index contributed by atoms with van der Waals surface area (Å²) in [4.78, 5) is 39.0. The van der Waals surface area contributed by atoms with Crippen LogP contribution in [0.15, 0.2) is 41.3 Å². The van der Waals surface area contributed by atoms with Crippen molar-refractivity contribution in [1.82, 2.24) is 30.5 Å². The normalized spacial score (nSPS) is 24.0. The van der Waals surface area contributed by atoms with Crippen LogP contribution in [0.25, 0.3) is 32.9 Å². The number of hydrogen-bond donors (Lipinski definition) is 3. The van der Waals surface area contributed by atoms with Gasteiger partial charge >= 0.3 is 6.09 Å². The number of nitrogens with zero attached hydrogens (tertiary/aromatic N) is 3. The molecular formula is C37H42F4N6O6. The zero-order chi connectivity index (χ0) is 37.4. The first-order chi connectivity index (χ1) is 25.4. The number of rotatable bonds is 12. The van der Waals surface area contributed by atoms with E-state index in [4.69, 9.17) is 18.9 Å². The molecule has 2 aromatic carbocycles. The quantitative estimate of drug-likeness (QED) is 0.100. The highest BCUT2D eigenvalue weighted by Gasteiger charge is 2.49. The van der Waals surface area contributed by atoms with E-state index >= 15 is 4.39 Å². The lowest BCUT2D eigenvalue weighted by atomic mass is 9.90. The number of halogens is 4. The molecule has 1 unspecified atom stereocenters. The number of methoxy groups -OCH3 is 1. The lowest BCUT2D eigenvalue weighted by Gasteiger charge is -2.38. The van der Waals surface area contributed by atoms with Crippen molar-refractivity contribution in [3.63, 3.8) is 0 Å². The smallest absolute Gasteiger partial charge is 0.407 e. The number of benzene rings is 2. The van der Waals surface area contributed by atoms with Gasteiger partial charge in [-0.1, -0.05) is 18.2 Å². The maximum Gasteiger partial charge on any atom is 0.407 e. The van der Waals surface area contributed by atoms with Crippen LogP contribution in [0.3, 0.4) is 0 Å². The van der Waals surface area contributed by atoms with Crippen LogP contribution in [0.5, 0.6) is 11.8 Å². The van der Waals surface area contributed by atoms with Crippen LogP contribution in [0.2, 0.25) is 0 Å². The Balaban J connectivity index is 1.15. The maximum atomic E-state index is 16.7. The topological polar surface area (TPSA) is 140 Å². The van der Waals surface area contributed by atoms with Crippen LogP contribution in [-0.2, 0) is 15.9 Å². The Morgan fingerprint density at radius 2 is 2.04 bits per heavy atom. The Morgan fingerprint density at radius 1 is 1.19 bits per heavy atom. The monoisotopic (exact) mass is 742 g/mol. The van der Waals surface area contributed by atoms with Crippen molar-refractivity contribution in [2.75, 3.05) is 53.3 Å². The number of carbonyl (C=O) groups is 1. The molecule has 0 aliphatic carbocycles. The van der Waals surface area contributed by atoms with Crippen molar-refractivity contribution in [3.8, 4) is 23.0 Å². The van der Waals surface area contributed by atoms with E-state index in [0.717, 1.165) is 24.9 Å². The molecule has 284 valence electrons. The number of piperidine rings is 1. The summed E-state index contributed by atoms with van der Waals surface area (Å²) in [6.07, 6.45) is 1.74. The number of pyridine rings is 1. The number of aromatic amines is 1. The molecule has 0 saturated carbocycles. The van der Waals surface area contributed by atoms with Gasteiger partial charge in [-0.15, -0.1) is 0 Å². The van der Waals surface area contributed by atoms with Gasteiger partial charge in [0.1, 0.15) is 29.7 Å². The molecule has 3 N–H and O–H groups in total. The third-order valence-corrected chi connectivity index (χ3v) is 10.3. The van der Waals surface area contributed by atoms with Crippen LogP contribution in [0.1, 0.15) is 44.6 Å². The molecule has 3 aliphatic rings.